The highest BCUT2D eigenvalue weighted by atomic mass is 79.9. The van der Waals surface area contributed by atoms with Crippen LogP contribution in [0, 0.1) is 0 Å². The molecule has 1 atom stereocenters. The molecular formula is C14H19BrN4S. The van der Waals surface area contributed by atoms with Crippen LogP contribution >= 0.6 is 27.7 Å². The van der Waals surface area contributed by atoms with Crippen LogP contribution in [0.4, 0.5) is 0 Å². The monoisotopic (exact) mass is 354 g/mol. The molecule has 1 heterocycles. The van der Waals surface area contributed by atoms with Gasteiger partial charge in [-0.15, -0.1) is 11.8 Å². The maximum atomic E-state index is 5.67. The molecule has 108 valence electrons. The molecule has 0 saturated carbocycles. The predicted molar refractivity (Wildman–Crippen MR) is 87.6 cm³/mol. The minimum atomic E-state index is 0.201. The van der Waals surface area contributed by atoms with Crippen molar-refractivity contribution in [1.82, 2.24) is 15.0 Å². The number of benzene rings is 1. The summed E-state index contributed by atoms with van der Waals surface area (Å²) in [7, 11) is 0. The van der Waals surface area contributed by atoms with E-state index in [1.807, 2.05) is 24.5 Å². The first-order valence-corrected chi connectivity index (χ1v) is 8.35. The van der Waals surface area contributed by atoms with Gasteiger partial charge in [-0.3, -0.25) is 11.3 Å². The maximum Gasteiger partial charge on any atom is 0.110 e. The number of nitrogens with two attached hydrogens (primary N) is 1. The van der Waals surface area contributed by atoms with Gasteiger partial charge in [-0.05, 0) is 25.1 Å². The fourth-order valence-electron chi connectivity index (χ4n) is 1.96. The number of nitrogens with one attached hydrogen (secondary N) is 1. The lowest BCUT2D eigenvalue weighted by atomic mass is 10.2. The van der Waals surface area contributed by atoms with E-state index >= 15 is 0 Å². The maximum absolute atomic E-state index is 5.67. The molecule has 0 aliphatic carbocycles. The molecule has 2 rings (SSSR count). The molecule has 6 heteroatoms. The van der Waals surface area contributed by atoms with Gasteiger partial charge in [0.05, 0.1) is 0 Å². The van der Waals surface area contributed by atoms with E-state index in [-0.39, 0.29) is 6.04 Å². The van der Waals surface area contributed by atoms with Gasteiger partial charge in [0, 0.05) is 46.5 Å². The Balaban J connectivity index is 1.92. The Morgan fingerprint density at radius 3 is 3.05 bits per heavy atom. The summed E-state index contributed by atoms with van der Waals surface area (Å²) in [4.78, 5) is 5.63. The number of hydrogen-bond acceptors (Lipinski definition) is 4. The van der Waals surface area contributed by atoms with Gasteiger partial charge in [0.1, 0.15) is 5.82 Å². The smallest absolute Gasteiger partial charge is 0.110 e. The molecule has 0 fully saturated rings. The highest BCUT2D eigenvalue weighted by Crippen LogP contribution is 2.23. The molecule has 2 aromatic rings. The first kappa shape index (κ1) is 15.6. The largest absolute Gasteiger partial charge is 0.335 e. The van der Waals surface area contributed by atoms with Crippen molar-refractivity contribution in [3.63, 3.8) is 0 Å². The highest BCUT2D eigenvalue weighted by Gasteiger charge is 2.12. The molecular weight excluding hydrogens is 336 g/mol. The summed E-state index contributed by atoms with van der Waals surface area (Å²) < 4.78 is 3.25. The van der Waals surface area contributed by atoms with Crippen molar-refractivity contribution in [2.24, 2.45) is 5.84 Å². The van der Waals surface area contributed by atoms with Gasteiger partial charge in [0.2, 0.25) is 0 Å². The fraction of sp³-hybridized carbons (Fsp3) is 0.357. The van der Waals surface area contributed by atoms with Crippen LogP contribution in [0.1, 0.15) is 12.7 Å². The normalized spacial score (nSPS) is 12.6. The van der Waals surface area contributed by atoms with Crippen molar-refractivity contribution < 1.29 is 0 Å². The Bertz CT molecular complexity index is 543. The Hall–Kier alpha value is -0.820. The van der Waals surface area contributed by atoms with Crippen LogP contribution in [0.3, 0.4) is 0 Å². The third-order valence-electron chi connectivity index (χ3n) is 3.05. The number of hydrogen-bond donors (Lipinski definition) is 2. The van der Waals surface area contributed by atoms with Gasteiger partial charge >= 0.3 is 0 Å². The zero-order valence-corrected chi connectivity index (χ0v) is 13.8. The first-order valence-electron chi connectivity index (χ1n) is 6.57. The van der Waals surface area contributed by atoms with Crippen molar-refractivity contribution in [2.75, 3.05) is 5.75 Å². The Morgan fingerprint density at radius 2 is 2.35 bits per heavy atom. The minimum absolute atomic E-state index is 0.201. The quantitative estimate of drug-likeness (QED) is 0.456. The number of halogens is 1. The fourth-order valence-corrected chi connectivity index (χ4v) is 3.50. The number of thioether (sulfide) groups is 1. The van der Waals surface area contributed by atoms with Gasteiger partial charge in [-0.2, -0.15) is 0 Å². The standard InChI is InChI=1S/C14H19BrN4S/c1-2-19-7-6-17-14(19)9-12(18-16)10-20-13-5-3-4-11(15)8-13/h3-8,12,18H,2,9-10,16H2,1H3. The number of hydrazine groups is 1. The van der Waals surface area contributed by atoms with Gasteiger partial charge in [0.15, 0.2) is 0 Å². The molecule has 1 aromatic heterocycles. The lowest BCUT2D eigenvalue weighted by Gasteiger charge is -2.16. The van der Waals surface area contributed by atoms with E-state index in [9.17, 15) is 0 Å². The van der Waals surface area contributed by atoms with Crippen LogP contribution in [0.2, 0.25) is 0 Å². The molecule has 3 N–H and O–H groups in total. The van der Waals surface area contributed by atoms with E-state index in [0.717, 1.165) is 29.0 Å². The zero-order chi connectivity index (χ0) is 14.4. The number of aromatic nitrogens is 2. The number of aryl methyl sites for hydroxylation is 1. The highest BCUT2D eigenvalue weighted by molar-refractivity contribution is 9.10. The van der Waals surface area contributed by atoms with E-state index in [2.05, 4.69) is 50.0 Å². The molecule has 0 aliphatic heterocycles. The van der Waals surface area contributed by atoms with E-state index in [1.54, 1.807) is 11.8 Å². The second-order valence-electron chi connectivity index (χ2n) is 4.47. The van der Waals surface area contributed by atoms with Crippen molar-refractivity contribution >= 4 is 27.7 Å². The van der Waals surface area contributed by atoms with E-state index in [4.69, 9.17) is 5.84 Å². The second-order valence-corrected chi connectivity index (χ2v) is 6.47. The summed E-state index contributed by atoms with van der Waals surface area (Å²) in [6, 6.07) is 8.50. The molecule has 0 amide bonds. The second kappa shape index (κ2) is 7.83. The molecule has 20 heavy (non-hydrogen) atoms. The van der Waals surface area contributed by atoms with Crippen LogP contribution in [-0.2, 0) is 13.0 Å². The van der Waals surface area contributed by atoms with Crippen LogP contribution in [0.5, 0.6) is 0 Å². The third-order valence-corrected chi connectivity index (χ3v) is 4.70. The average molecular weight is 355 g/mol. The lowest BCUT2D eigenvalue weighted by Crippen LogP contribution is -2.39. The number of rotatable bonds is 7. The average Bonchev–Trinajstić information content (AvgIpc) is 2.90. The van der Waals surface area contributed by atoms with Crippen LogP contribution in [0.15, 0.2) is 46.0 Å². The molecule has 0 saturated heterocycles. The van der Waals surface area contributed by atoms with E-state index < -0.39 is 0 Å². The molecule has 0 aliphatic rings. The van der Waals surface area contributed by atoms with Crippen LogP contribution < -0.4 is 11.3 Å². The first-order chi connectivity index (χ1) is 9.72. The van der Waals surface area contributed by atoms with Gasteiger partial charge in [-0.1, -0.05) is 22.0 Å². The van der Waals surface area contributed by atoms with Gasteiger partial charge in [0.25, 0.3) is 0 Å². The Labute approximate surface area is 132 Å². The van der Waals surface area contributed by atoms with E-state index in [0.29, 0.717) is 0 Å². The molecule has 0 spiro atoms. The molecule has 0 radical (unpaired) electrons. The van der Waals surface area contributed by atoms with Crippen molar-refractivity contribution in [3.8, 4) is 0 Å². The topological polar surface area (TPSA) is 55.9 Å². The predicted octanol–water partition coefficient (Wildman–Crippen LogP) is 2.83. The molecule has 1 aromatic carbocycles. The summed E-state index contributed by atoms with van der Waals surface area (Å²) in [5, 5.41) is 0. The Kier molecular flexibility index (Phi) is 6.09. The summed E-state index contributed by atoms with van der Waals surface area (Å²) >= 11 is 5.28. The van der Waals surface area contributed by atoms with Gasteiger partial charge < -0.3 is 4.57 Å². The van der Waals surface area contributed by atoms with Crippen molar-refractivity contribution in [3.05, 3.63) is 47.0 Å². The summed E-state index contributed by atoms with van der Waals surface area (Å²) in [6.07, 6.45) is 4.68. The summed E-state index contributed by atoms with van der Waals surface area (Å²) in [5.41, 5.74) is 2.89. The Morgan fingerprint density at radius 1 is 1.50 bits per heavy atom. The van der Waals surface area contributed by atoms with Crippen molar-refractivity contribution in [1.29, 1.82) is 0 Å². The third kappa shape index (κ3) is 4.34. The van der Waals surface area contributed by atoms with Crippen molar-refractivity contribution in [2.45, 2.75) is 30.8 Å². The zero-order valence-electron chi connectivity index (χ0n) is 11.4. The van der Waals surface area contributed by atoms with E-state index in [1.165, 1.54) is 4.90 Å². The summed E-state index contributed by atoms with van der Waals surface area (Å²) in [5.74, 6) is 7.65. The number of nitrogens with zero attached hydrogens (tertiary/aromatic N) is 2. The summed E-state index contributed by atoms with van der Waals surface area (Å²) in [6.45, 7) is 3.05. The number of imidazole rings is 1. The molecule has 4 nitrogen and oxygen atoms in total. The lowest BCUT2D eigenvalue weighted by molar-refractivity contribution is 0.543. The SMILES string of the molecule is CCn1ccnc1CC(CSc1cccc(Br)c1)NN. The molecule has 1 unspecified atom stereocenters. The van der Waals surface area contributed by atoms with Crippen LogP contribution in [-0.4, -0.2) is 21.3 Å². The minimum Gasteiger partial charge on any atom is -0.335 e. The molecule has 0 bridgehead atoms. The van der Waals surface area contributed by atoms with Gasteiger partial charge in [-0.25, -0.2) is 4.98 Å². The van der Waals surface area contributed by atoms with Crippen LogP contribution in [0.25, 0.3) is 0 Å².